The summed E-state index contributed by atoms with van der Waals surface area (Å²) >= 11 is 0. The van der Waals surface area contributed by atoms with E-state index < -0.39 is 0 Å². The van der Waals surface area contributed by atoms with Crippen LogP contribution in [0.4, 0.5) is 0 Å². The molecule has 3 aliphatic carbocycles. The van der Waals surface area contributed by atoms with Crippen molar-refractivity contribution in [2.45, 2.75) is 59.8 Å². The molecule has 1 spiro atoms. The molecule has 90 valence electrons. The fraction of sp³-hybridized carbons (Fsp3) is 0.933. The van der Waals surface area contributed by atoms with Gasteiger partial charge in [0.15, 0.2) is 0 Å². The number of hydrogen-bond acceptors (Lipinski definition) is 1. The molecule has 0 radical (unpaired) electrons. The Labute approximate surface area is 99.0 Å². The normalized spacial score (nSPS) is 54.1. The second kappa shape index (κ2) is 2.73. The van der Waals surface area contributed by atoms with E-state index in [2.05, 4.69) is 27.7 Å². The average molecular weight is 220 g/mol. The summed E-state index contributed by atoms with van der Waals surface area (Å²) in [5.74, 6) is 2.08. The molecule has 1 unspecified atom stereocenters. The van der Waals surface area contributed by atoms with Crippen LogP contribution in [0.25, 0.3) is 0 Å². The zero-order valence-electron chi connectivity index (χ0n) is 11.1. The van der Waals surface area contributed by atoms with Crippen molar-refractivity contribution >= 4 is 5.78 Å². The fourth-order valence-corrected chi connectivity index (χ4v) is 5.77. The Balaban J connectivity index is 2.14. The molecule has 0 N–H and O–H groups in total. The predicted molar refractivity (Wildman–Crippen MR) is 65.1 cm³/mol. The first kappa shape index (κ1) is 10.8. The number of hydrogen-bond donors (Lipinski definition) is 0. The van der Waals surface area contributed by atoms with Gasteiger partial charge in [0.05, 0.1) is 0 Å². The monoisotopic (exact) mass is 220 g/mol. The molecule has 0 saturated heterocycles. The van der Waals surface area contributed by atoms with Crippen molar-refractivity contribution in [3.05, 3.63) is 0 Å². The van der Waals surface area contributed by atoms with E-state index in [0.717, 1.165) is 12.3 Å². The van der Waals surface area contributed by atoms with Gasteiger partial charge in [-0.3, -0.25) is 4.79 Å². The topological polar surface area (TPSA) is 17.1 Å². The SMILES string of the molecule is C[C@@H]1CCC23C(=O)C(C)(C)C[C@]2(C)CC[C@@H]13. The largest absolute Gasteiger partial charge is 0.298 e. The third-order valence-corrected chi connectivity index (χ3v) is 6.25. The molecule has 3 aliphatic rings. The first-order chi connectivity index (χ1) is 7.33. The summed E-state index contributed by atoms with van der Waals surface area (Å²) < 4.78 is 0. The highest BCUT2D eigenvalue weighted by atomic mass is 16.1. The molecule has 3 rings (SSSR count). The van der Waals surface area contributed by atoms with E-state index in [1.54, 1.807) is 0 Å². The molecule has 1 nitrogen and oxygen atoms in total. The number of rotatable bonds is 0. The molecular weight excluding hydrogens is 196 g/mol. The van der Waals surface area contributed by atoms with E-state index in [1.807, 2.05) is 0 Å². The van der Waals surface area contributed by atoms with Crippen molar-refractivity contribution < 1.29 is 4.79 Å². The number of Topliss-reactive ketones (excluding diaryl/α,β-unsaturated/α-hetero) is 1. The lowest BCUT2D eigenvalue weighted by molar-refractivity contribution is -0.135. The van der Waals surface area contributed by atoms with Crippen molar-refractivity contribution in [2.75, 3.05) is 0 Å². The van der Waals surface area contributed by atoms with Crippen LogP contribution in [0.1, 0.15) is 59.8 Å². The van der Waals surface area contributed by atoms with Gasteiger partial charge in [-0.2, -0.15) is 0 Å². The van der Waals surface area contributed by atoms with E-state index in [-0.39, 0.29) is 10.8 Å². The maximum atomic E-state index is 12.9. The lowest BCUT2D eigenvalue weighted by atomic mass is 9.65. The summed E-state index contributed by atoms with van der Waals surface area (Å²) in [5.41, 5.74) is 0.344. The molecule has 0 aliphatic heterocycles. The Hall–Kier alpha value is -0.330. The van der Waals surface area contributed by atoms with E-state index in [1.165, 1.54) is 25.7 Å². The second-order valence-electron chi connectivity index (χ2n) is 7.58. The van der Waals surface area contributed by atoms with Crippen LogP contribution in [-0.4, -0.2) is 5.78 Å². The number of carbonyl (C=O) groups is 1. The molecule has 4 atom stereocenters. The van der Waals surface area contributed by atoms with E-state index in [0.29, 0.717) is 17.1 Å². The van der Waals surface area contributed by atoms with Gasteiger partial charge in [0.2, 0.25) is 0 Å². The lowest BCUT2D eigenvalue weighted by Gasteiger charge is -2.36. The van der Waals surface area contributed by atoms with Crippen LogP contribution in [0.2, 0.25) is 0 Å². The highest BCUT2D eigenvalue weighted by Crippen LogP contribution is 2.73. The Bertz CT molecular complexity index is 356. The standard InChI is InChI=1S/C15H24O/c1-10-5-8-15-11(10)6-7-14(15,4)9-13(2,3)12(15)16/h10-11H,5-9H2,1-4H3/t10-,11+,14+,15?/m1/s1. The molecule has 16 heavy (non-hydrogen) atoms. The number of carbonyl (C=O) groups excluding carboxylic acids is 1. The van der Waals surface area contributed by atoms with Crippen LogP contribution < -0.4 is 0 Å². The van der Waals surface area contributed by atoms with Crippen molar-refractivity contribution in [2.24, 2.45) is 28.1 Å². The quantitative estimate of drug-likeness (QED) is 0.606. The maximum Gasteiger partial charge on any atom is 0.145 e. The summed E-state index contributed by atoms with van der Waals surface area (Å²) in [6.07, 6.45) is 6.18. The van der Waals surface area contributed by atoms with Crippen LogP contribution in [-0.2, 0) is 4.79 Å². The van der Waals surface area contributed by atoms with E-state index in [9.17, 15) is 4.79 Å². The molecule has 3 saturated carbocycles. The minimum atomic E-state index is -0.0581. The third kappa shape index (κ3) is 0.926. The van der Waals surface area contributed by atoms with Gasteiger partial charge >= 0.3 is 0 Å². The smallest absolute Gasteiger partial charge is 0.145 e. The van der Waals surface area contributed by atoms with E-state index >= 15 is 0 Å². The zero-order chi connectivity index (χ0) is 11.8. The van der Waals surface area contributed by atoms with Gasteiger partial charge in [0, 0.05) is 10.8 Å². The average Bonchev–Trinajstić information content (AvgIpc) is 2.68. The molecular formula is C15H24O. The molecule has 0 aromatic carbocycles. The number of ketones is 1. The summed E-state index contributed by atoms with van der Waals surface area (Å²) in [6, 6.07) is 0. The van der Waals surface area contributed by atoms with E-state index in [4.69, 9.17) is 0 Å². The predicted octanol–water partition coefficient (Wildman–Crippen LogP) is 3.82. The lowest BCUT2D eigenvalue weighted by Crippen LogP contribution is -2.39. The van der Waals surface area contributed by atoms with Gasteiger partial charge in [-0.1, -0.05) is 27.7 Å². The first-order valence-corrected chi connectivity index (χ1v) is 6.88. The molecule has 3 fully saturated rings. The summed E-state index contributed by atoms with van der Waals surface area (Å²) in [6.45, 7) is 9.11. The molecule has 0 amide bonds. The summed E-state index contributed by atoms with van der Waals surface area (Å²) in [5, 5.41) is 0. The van der Waals surface area contributed by atoms with Gasteiger partial charge in [0.25, 0.3) is 0 Å². The fourth-order valence-electron chi connectivity index (χ4n) is 5.77. The maximum absolute atomic E-state index is 12.9. The summed E-state index contributed by atoms with van der Waals surface area (Å²) in [4.78, 5) is 12.9. The van der Waals surface area contributed by atoms with Crippen LogP contribution in [0.15, 0.2) is 0 Å². The Kier molecular flexibility index (Phi) is 1.85. The van der Waals surface area contributed by atoms with Crippen LogP contribution in [0, 0.1) is 28.1 Å². The minimum absolute atomic E-state index is 0.0581. The van der Waals surface area contributed by atoms with Gasteiger partial charge in [-0.15, -0.1) is 0 Å². The van der Waals surface area contributed by atoms with Crippen molar-refractivity contribution in [3.63, 3.8) is 0 Å². The Morgan fingerprint density at radius 3 is 2.50 bits per heavy atom. The Morgan fingerprint density at radius 1 is 1.12 bits per heavy atom. The van der Waals surface area contributed by atoms with Crippen LogP contribution in [0.5, 0.6) is 0 Å². The van der Waals surface area contributed by atoms with Crippen molar-refractivity contribution in [3.8, 4) is 0 Å². The third-order valence-electron chi connectivity index (χ3n) is 6.25. The van der Waals surface area contributed by atoms with Crippen LogP contribution in [0.3, 0.4) is 0 Å². The minimum Gasteiger partial charge on any atom is -0.298 e. The van der Waals surface area contributed by atoms with Gasteiger partial charge in [-0.25, -0.2) is 0 Å². The van der Waals surface area contributed by atoms with Crippen molar-refractivity contribution in [1.29, 1.82) is 0 Å². The zero-order valence-corrected chi connectivity index (χ0v) is 11.1. The second-order valence-corrected chi connectivity index (χ2v) is 7.58. The summed E-state index contributed by atoms with van der Waals surface area (Å²) in [7, 11) is 0. The van der Waals surface area contributed by atoms with Gasteiger partial charge < -0.3 is 0 Å². The molecule has 1 heteroatoms. The highest BCUT2D eigenvalue weighted by molar-refractivity contribution is 5.94. The molecule has 0 heterocycles. The van der Waals surface area contributed by atoms with Gasteiger partial charge in [-0.05, 0) is 49.4 Å². The molecule has 0 aromatic heterocycles. The first-order valence-electron chi connectivity index (χ1n) is 6.88. The Morgan fingerprint density at radius 2 is 1.81 bits per heavy atom. The van der Waals surface area contributed by atoms with Gasteiger partial charge in [0.1, 0.15) is 5.78 Å². The molecule has 0 bridgehead atoms. The van der Waals surface area contributed by atoms with Crippen molar-refractivity contribution in [1.82, 2.24) is 0 Å². The highest BCUT2D eigenvalue weighted by Gasteiger charge is 2.71. The van der Waals surface area contributed by atoms with Crippen LogP contribution >= 0.6 is 0 Å². The molecule has 0 aromatic rings.